The Balaban J connectivity index is 1.58. The Morgan fingerprint density at radius 3 is 2.41 bits per heavy atom. The van der Waals surface area contributed by atoms with Crippen LogP contribution in [0.5, 0.6) is 0 Å². The third-order valence-electron chi connectivity index (χ3n) is 4.13. The van der Waals surface area contributed by atoms with Crippen molar-refractivity contribution in [2.75, 3.05) is 10.6 Å². The van der Waals surface area contributed by atoms with Gasteiger partial charge in [-0.1, -0.05) is 30.3 Å². The van der Waals surface area contributed by atoms with Crippen molar-refractivity contribution in [2.45, 2.75) is 0 Å². The number of para-hydroxylation sites is 1. The van der Waals surface area contributed by atoms with Crippen LogP contribution in [0.2, 0.25) is 0 Å². The first-order valence-electron chi connectivity index (χ1n) is 8.51. The first-order chi connectivity index (χ1) is 14.0. The van der Waals surface area contributed by atoms with Crippen molar-refractivity contribution < 1.29 is 23.9 Å². The molecule has 9 nitrogen and oxygen atoms in total. The number of aromatic nitrogens is 2. The van der Waals surface area contributed by atoms with E-state index in [1.807, 2.05) is 0 Å². The van der Waals surface area contributed by atoms with E-state index >= 15 is 0 Å². The number of anilines is 2. The van der Waals surface area contributed by atoms with Crippen LogP contribution in [0.1, 0.15) is 31.3 Å². The lowest BCUT2D eigenvalue weighted by molar-refractivity contribution is 0.0664. The van der Waals surface area contributed by atoms with Crippen LogP contribution in [-0.2, 0) is 0 Å². The predicted octanol–water partition coefficient (Wildman–Crippen LogP) is 3.36. The molecule has 2 aromatic carbocycles. The summed E-state index contributed by atoms with van der Waals surface area (Å²) in [7, 11) is 0. The number of H-pyrrole nitrogens is 1. The number of aromatic amines is 1. The van der Waals surface area contributed by atoms with Crippen molar-refractivity contribution in [3.05, 3.63) is 77.6 Å². The average molecular weight is 390 g/mol. The molecule has 0 aliphatic rings. The maximum Gasteiger partial charge on any atom is 0.371 e. The smallest absolute Gasteiger partial charge is 0.371 e. The van der Waals surface area contributed by atoms with E-state index in [4.69, 9.17) is 9.52 Å². The zero-order chi connectivity index (χ0) is 20.4. The van der Waals surface area contributed by atoms with E-state index in [2.05, 4.69) is 20.8 Å². The lowest BCUT2D eigenvalue weighted by Crippen LogP contribution is -2.18. The fraction of sp³-hybridized carbons (Fsp3) is 0. The minimum absolute atomic E-state index is 0.0432. The molecule has 0 saturated carbocycles. The van der Waals surface area contributed by atoms with Crippen LogP contribution in [0, 0.1) is 0 Å². The number of furan rings is 1. The molecule has 0 saturated heterocycles. The summed E-state index contributed by atoms with van der Waals surface area (Å²) in [5.41, 5.74) is 1.42. The Labute approximate surface area is 163 Å². The van der Waals surface area contributed by atoms with Gasteiger partial charge in [-0.2, -0.15) is 5.10 Å². The molecule has 144 valence electrons. The molecule has 0 aliphatic heterocycles. The van der Waals surface area contributed by atoms with Gasteiger partial charge in [0, 0.05) is 11.6 Å². The number of benzene rings is 2. The molecule has 9 heteroatoms. The van der Waals surface area contributed by atoms with Crippen molar-refractivity contribution >= 4 is 40.4 Å². The van der Waals surface area contributed by atoms with Gasteiger partial charge >= 0.3 is 5.97 Å². The third-order valence-corrected chi connectivity index (χ3v) is 4.13. The number of amides is 2. The number of carbonyl (C=O) groups excluding carboxylic acids is 2. The zero-order valence-corrected chi connectivity index (χ0v) is 14.8. The van der Waals surface area contributed by atoms with Crippen LogP contribution < -0.4 is 10.6 Å². The summed E-state index contributed by atoms with van der Waals surface area (Å²) < 4.78 is 5.21. The number of fused-ring (bicyclic) bond motifs is 1. The summed E-state index contributed by atoms with van der Waals surface area (Å²) in [4.78, 5) is 36.2. The first kappa shape index (κ1) is 18.0. The summed E-state index contributed by atoms with van der Waals surface area (Å²) in [6.45, 7) is 0. The molecular weight excluding hydrogens is 376 g/mol. The number of nitrogens with one attached hydrogen (secondary N) is 3. The minimum Gasteiger partial charge on any atom is -0.475 e. The number of rotatable bonds is 5. The fourth-order valence-electron chi connectivity index (χ4n) is 2.76. The summed E-state index contributed by atoms with van der Waals surface area (Å²) in [5.74, 6) is -2.37. The van der Waals surface area contributed by atoms with E-state index < -0.39 is 11.9 Å². The molecule has 4 aromatic rings. The number of carbonyl (C=O) groups is 3. The molecule has 0 spiro atoms. The van der Waals surface area contributed by atoms with Gasteiger partial charge in [-0.15, -0.1) is 0 Å². The van der Waals surface area contributed by atoms with E-state index in [9.17, 15) is 14.4 Å². The Morgan fingerprint density at radius 2 is 1.66 bits per heavy atom. The molecular formula is C20H14N4O5. The number of aromatic carboxylic acids is 1. The van der Waals surface area contributed by atoms with Crippen LogP contribution in [-0.4, -0.2) is 33.1 Å². The SMILES string of the molecule is O=C(Nc1ccccc1C(=O)Nc1n[nH]c2cc(C(=O)O)oc12)c1ccccc1. The molecule has 0 bridgehead atoms. The second-order valence-corrected chi connectivity index (χ2v) is 6.05. The zero-order valence-electron chi connectivity index (χ0n) is 14.8. The monoisotopic (exact) mass is 390 g/mol. The standard InChI is InChI=1S/C20H14N4O5/c25-18(11-6-2-1-3-7-11)21-13-9-5-4-8-12(13)19(26)22-17-16-14(23-24-17)10-15(29-16)20(27)28/h1-10H,(H,21,25)(H,27,28)(H2,22,23,24,26). The number of carboxylic acids is 1. The molecule has 2 amide bonds. The lowest BCUT2D eigenvalue weighted by atomic mass is 10.1. The molecule has 0 atom stereocenters. The van der Waals surface area contributed by atoms with Crippen molar-refractivity contribution in [3.63, 3.8) is 0 Å². The van der Waals surface area contributed by atoms with Gasteiger partial charge in [0.25, 0.3) is 11.8 Å². The van der Waals surface area contributed by atoms with Crippen LogP contribution in [0.4, 0.5) is 11.5 Å². The van der Waals surface area contributed by atoms with E-state index in [0.717, 1.165) is 0 Å². The molecule has 4 rings (SSSR count). The number of hydrogen-bond acceptors (Lipinski definition) is 5. The molecule has 0 fully saturated rings. The lowest BCUT2D eigenvalue weighted by Gasteiger charge is -2.10. The summed E-state index contributed by atoms with van der Waals surface area (Å²) in [6, 6.07) is 16.4. The second kappa shape index (κ2) is 7.31. The summed E-state index contributed by atoms with van der Waals surface area (Å²) in [6.07, 6.45) is 0. The van der Waals surface area contributed by atoms with Crippen molar-refractivity contribution in [2.24, 2.45) is 0 Å². The van der Waals surface area contributed by atoms with E-state index in [1.165, 1.54) is 6.07 Å². The highest BCUT2D eigenvalue weighted by Gasteiger charge is 2.20. The third kappa shape index (κ3) is 3.56. The average Bonchev–Trinajstić information content (AvgIpc) is 3.31. The highest BCUT2D eigenvalue weighted by Crippen LogP contribution is 2.25. The van der Waals surface area contributed by atoms with Crippen LogP contribution in [0.3, 0.4) is 0 Å². The maximum atomic E-state index is 12.8. The molecule has 4 N–H and O–H groups in total. The molecule has 29 heavy (non-hydrogen) atoms. The molecule has 2 aromatic heterocycles. The van der Waals surface area contributed by atoms with Gasteiger partial charge < -0.3 is 20.2 Å². The fourth-order valence-corrected chi connectivity index (χ4v) is 2.76. The Kier molecular flexibility index (Phi) is 4.54. The summed E-state index contributed by atoms with van der Waals surface area (Å²) in [5, 5.41) is 20.8. The topological polar surface area (TPSA) is 137 Å². The quantitative estimate of drug-likeness (QED) is 0.412. The largest absolute Gasteiger partial charge is 0.475 e. The van der Waals surface area contributed by atoms with Gasteiger partial charge in [0.1, 0.15) is 5.52 Å². The number of hydrogen-bond donors (Lipinski definition) is 4. The highest BCUT2D eigenvalue weighted by atomic mass is 16.4. The number of carboxylic acid groups (broad SMARTS) is 1. The van der Waals surface area contributed by atoms with Crippen LogP contribution >= 0.6 is 0 Å². The second-order valence-electron chi connectivity index (χ2n) is 6.05. The minimum atomic E-state index is -1.24. The van der Waals surface area contributed by atoms with Gasteiger partial charge in [-0.3, -0.25) is 14.7 Å². The highest BCUT2D eigenvalue weighted by molar-refractivity contribution is 6.13. The number of nitrogens with zero attached hydrogens (tertiary/aromatic N) is 1. The van der Waals surface area contributed by atoms with Gasteiger partial charge in [-0.05, 0) is 24.3 Å². The van der Waals surface area contributed by atoms with E-state index in [1.54, 1.807) is 54.6 Å². The predicted molar refractivity (Wildman–Crippen MR) is 104 cm³/mol. The molecule has 0 radical (unpaired) electrons. The van der Waals surface area contributed by atoms with Gasteiger partial charge in [0.2, 0.25) is 5.76 Å². The molecule has 0 aliphatic carbocycles. The van der Waals surface area contributed by atoms with E-state index in [0.29, 0.717) is 16.8 Å². The maximum absolute atomic E-state index is 12.8. The van der Waals surface area contributed by atoms with Crippen molar-refractivity contribution in [1.29, 1.82) is 0 Å². The van der Waals surface area contributed by atoms with Gasteiger partial charge in [0.05, 0.1) is 11.3 Å². The van der Waals surface area contributed by atoms with Crippen LogP contribution in [0.15, 0.2) is 65.1 Å². The first-order valence-corrected chi connectivity index (χ1v) is 8.51. The normalized spacial score (nSPS) is 10.6. The molecule has 2 heterocycles. The van der Waals surface area contributed by atoms with Gasteiger partial charge in [0.15, 0.2) is 11.4 Å². The van der Waals surface area contributed by atoms with Crippen LogP contribution in [0.25, 0.3) is 11.1 Å². The molecule has 0 unspecified atom stereocenters. The Hall–Kier alpha value is -4.40. The van der Waals surface area contributed by atoms with E-state index in [-0.39, 0.29) is 28.6 Å². The van der Waals surface area contributed by atoms with Crippen molar-refractivity contribution in [3.8, 4) is 0 Å². The van der Waals surface area contributed by atoms with Gasteiger partial charge in [-0.25, -0.2) is 4.79 Å². The summed E-state index contributed by atoms with van der Waals surface area (Å²) >= 11 is 0. The Bertz CT molecular complexity index is 1230. The van der Waals surface area contributed by atoms with Crippen molar-refractivity contribution in [1.82, 2.24) is 10.2 Å². The Morgan fingerprint density at radius 1 is 0.931 bits per heavy atom.